The normalized spacial score (nSPS) is 16.8. The van der Waals surface area contributed by atoms with Gasteiger partial charge in [0.05, 0.1) is 5.56 Å². The summed E-state index contributed by atoms with van der Waals surface area (Å²) in [6, 6.07) is 7.19. The zero-order chi connectivity index (χ0) is 36.4. The second-order valence-corrected chi connectivity index (χ2v) is 12.3. The Balaban J connectivity index is 1.34. The number of rotatable bonds is 11. The zero-order valence-corrected chi connectivity index (χ0v) is 26.6. The molecule has 4 aromatic carbocycles. The fourth-order valence-electron chi connectivity index (χ4n) is 6.44. The number of unbranched alkanes of at least 4 members (excludes halogenated alkanes) is 2. The van der Waals surface area contributed by atoms with Crippen LogP contribution in [0.1, 0.15) is 75.3 Å². The lowest BCUT2D eigenvalue weighted by molar-refractivity contribution is -0.275. The van der Waals surface area contributed by atoms with Crippen molar-refractivity contribution in [3.05, 3.63) is 107 Å². The highest BCUT2D eigenvalue weighted by Gasteiger charge is 2.42. The Morgan fingerprint density at radius 1 is 0.620 bits per heavy atom. The lowest BCUT2D eigenvalue weighted by Crippen LogP contribution is -2.25. The van der Waals surface area contributed by atoms with Crippen molar-refractivity contribution in [1.82, 2.24) is 0 Å². The maximum absolute atomic E-state index is 15.3. The van der Waals surface area contributed by atoms with E-state index in [4.69, 9.17) is 0 Å². The van der Waals surface area contributed by atoms with Crippen molar-refractivity contribution in [3.63, 3.8) is 0 Å². The molecule has 13 heteroatoms. The standard InChI is InChI=1S/C37H31F11O2/c1-2-3-4-5-20-6-8-21(9-7-20)22-10-12-26(27(38)14-22)23-15-29(40)34(30(41)16-23)24-17-31(42)35(32(43)18-24)36(44,45)49-25-11-13-33(28(39)19-25)50-37(46,47)48/h10-21H,2-9H2,1H3. The predicted molar refractivity (Wildman–Crippen MR) is 164 cm³/mol. The van der Waals surface area contributed by atoms with E-state index in [9.17, 15) is 35.1 Å². The van der Waals surface area contributed by atoms with Crippen molar-refractivity contribution < 1.29 is 57.8 Å². The minimum Gasteiger partial charge on any atom is -0.429 e. The van der Waals surface area contributed by atoms with Gasteiger partial charge in [-0.05, 0) is 96.7 Å². The van der Waals surface area contributed by atoms with Crippen molar-refractivity contribution >= 4 is 0 Å². The molecule has 50 heavy (non-hydrogen) atoms. The number of benzene rings is 4. The van der Waals surface area contributed by atoms with Gasteiger partial charge in [-0.1, -0.05) is 44.7 Å². The van der Waals surface area contributed by atoms with Crippen LogP contribution in [0.5, 0.6) is 11.5 Å². The number of ether oxygens (including phenoxy) is 2. The van der Waals surface area contributed by atoms with Gasteiger partial charge in [-0.2, -0.15) is 8.78 Å². The summed E-state index contributed by atoms with van der Waals surface area (Å²) in [5, 5.41) is 0. The molecule has 2 nitrogen and oxygen atoms in total. The third-order valence-electron chi connectivity index (χ3n) is 8.88. The van der Waals surface area contributed by atoms with E-state index >= 15 is 13.2 Å². The topological polar surface area (TPSA) is 18.5 Å². The molecule has 268 valence electrons. The van der Waals surface area contributed by atoms with Crippen LogP contribution in [0, 0.1) is 40.8 Å². The molecule has 0 saturated heterocycles. The van der Waals surface area contributed by atoms with E-state index in [1.165, 1.54) is 31.4 Å². The molecule has 0 atom stereocenters. The van der Waals surface area contributed by atoms with E-state index in [1.807, 2.05) is 0 Å². The molecule has 0 N–H and O–H groups in total. The van der Waals surface area contributed by atoms with E-state index in [2.05, 4.69) is 16.4 Å². The van der Waals surface area contributed by atoms with Gasteiger partial charge in [-0.15, -0.1) is 13.2 Å². The van der Waals surface area contributed by atoms with Crippen molar-refractivity contribution in [2.45, 2.75) is 76.7 Å². The molecule has 0 spiro atoms. The Hall–Kier alpha value is -4.29. The number of alkyl halides is 5. The van der Waals surface area contributed by atoms with Crippen LogP contribution in [0.4, 0.5) is 48.3 Å². The summed E-state index contributed by atoms with van der Waals surface area (Å²) >= 11 is 0. The number of hydrogen-bond donors (Lipinski definition) is 0. The van der Waals surface area contributed by atoms with Crippen molar-refractivity contribution in [2.75, 3.05) is 0 Å². The highest BCUT2D eigenvalue weighted by molar-refractivity contribution is 5.72. The molecule has 1 aliphatic carbocycles. The first-order valence-electron chi connectivity index (χ1n) is 16.0. The molecule has 0 radical (unpaired) electrons. The third-order valence-corrected chi connectivity index (χ3v) is 8.88. The first-order chi connectivity index (χ1) is 23.6. The van der Waals surface area contributed by atoms with Crippen LogP contribution in [0.2, 0.25) is 0 Å². The Morgan fingerprint density at radius 2 is 1.24 bits per heavy atom. The second-order valence-electron chi connectivity index (χ2n) is 12.3. The van der Waals surface area contributed by atoms with Gasteiger partial charge in [0.2, 0.25) is 0 Å². The van der Waals surface area contributed by atoms with E-state index in [0.717, 1.165) is 49.8 Å². The molecule has 1 aliphatic rings. The fourth-order valence-corrected chi connectivity index (χ4v) is 6.44. The summed E-state index contributed by atoms with van der Waals surface area (Å²) in [7, 11) is 0. The van der Waals surface area contributed by atoms with E-state index in [-0.39, 0.29) is 35.2 Å². The van der Waals surface area contributed by atoms with Crippen LogP contribution >= 0.6 is 0 Å². The fraction of sp³-hybridized carbons (Fsp3) is 0.351. The van der Waals surface area contributed by atoms with Gasteiger partial charge in [-0.3, -0.25) is 0 Å². The molecule has 0 aromatic heterocycles. The predicted octanol–water partition coefficient (Wildman–Crippen LogP) is 12.7. The average Bonchev–Trinajstić information content (AvgIpc) is 3.01. The van der Waals surface area contributed by atoms with Crippen molar-refractivity contribution in [1.29, 1.82) is 0 Å². The highest BCUT2D eigenvalue weighted by Crippen LogP contribution is 2.42. The molecule has 4 aromatic rings. The molecule has 5 rings (SSSR count). The lowest BCUT2D eigenvalue weighted by atomic mass is 9.77. The summed E-state index contributed by atoms with van der Waals surface area (Å²) in [4.78, 5) is 0. The average molecular weight is 717 g/mol. The number of hydrogen-bond acceptors (Lipinski definition) is 2. The Labute approximate surface area is 280 Å². The summed E-state index contributed by atoms with van der Waals surface area (Å²) in [5.74, 6) is -10.9. The van der Waals surface area contributed by atoms with Gasteiger partial charge in [-0.25, -0.2) is 26.3 Å². The van der Waals surface area contributed by atoms with Crippen molar-refractivity contribution in [2.24, 2.45) is 5.92 Å². The molecule has 0 heterocycles. The molecule has 0 amide bonds. The maximum Gasteiger partial charge on any atom is 0.573 e. The van der Waals surface area contributed by atoms with Gasteiger partial charge in [0, 0.05) is 11.6 Å². The smallest absolute Gasteiger partial charge is 0.429 e. The zero-order valence-electron chi connectivity index (χ0n) is 26.6. The maximum atomic E-state index is 15.3. The lowest BCUT2D eigenvalue weighted by Gasteiger charge is -2.29. The Morgan fingerprint density at radius 3 is 1.80 bits per heavy atom. The first-order valence-corrected chi connectivity index (χ1v) is 16.0. The van der Waals surface area contributed by atoms with E-state index < -0.39 is 75.6 Å². The quantitative estimate of drug-likeness (QED) is 0.114. The van der Waals surface area contributed by atoms with E-state index in [0.29, 0.717) is 18.1 Å². The first kappa shape index (κ1) is 37.0. The van der Waals surface area contributed by atoms with Gasteiger partial charge >= 0.3 is 12.5 Å². The van der Waals surface area contributed by atoms with Gasteiger partial charge in [0.1, 0.15) is 40.4 Å². The largest absolute Gasteiger partial charge is 0.573 e. The molecule has 1 saturated carbocycles. The minimum atomic E-state index is -5.30. The number of halogens is 11. The van der Waals surface area contributed by atoms with Crippen LogP contribution in [-0.4, -0.2) is 6.36 Å². The molecule has 0 unspecified atom stereocenters. The van der Waals surface area contributed by atoms with Gasteiger partial charge in [0.25, 0.3) is 0 Å². The SMILES string of the molecule is CCCCCC1CCC(c2ccc(-c3cc(F)c(-c4cc(F)c(C(F)(F)Oc5ccc(OC(F)(F)F)c(F)c5)c(F)c4)c(F)c3)c(F)c2)CC1. The minimum absolute atomic E-state index is 0.0717. The molecular weight excluding hydrogens is 685 g/mol. The molecular formula is C37H31F11O2. The summed E-state index contributed by atoms with van der Waals surface area (Å²) in [6.07, 6.45) is -1.55. The summed E-state index contributed by atoms with van der Waals surface area (Å²) in [5.41, 5.74) is -3.38. The van der Waals surface area contributed by atoms with Crippen LogP contribution in [-0.2, 0) is 6.11 Å². The van der Waals surface area contributed by atoms with Gasteiger partial charge in [0.15, 0.2) is 11.6 Å². The van der Waals surface area contributed by atoms with Crippen LogP contribution in [0.15, 0.2) is 60.7 Å². The third kappa shape index (κ3) is 8.53. The molecule has 0 bridgehead atoms. The second kappa shape index (κ2) is 14.9. The van der Waals surface area contributed by atoms with E-state index in [1.54, 1.807) is 6.07 Å². The summed E-state index contributed by atoms with van der Waals surface area (Å²) < 4.78 is 164. The Kier molecular flexibility index (Phi) is 11.0. The van der Waals surface area contributed by atoms with Crippen LogP contribution in [0.25, 0.3) is 22.3 Å². The summed E-state index contributed by atoms with van der Waals surface area (Å²) in [6.45, 7) is 2.16. The molecule has 0 aliphatic heterocycles. The van der Waals surface area contributed by atoms with Gasteiger partial charge < -0.3 is 9.47 Å². The monoisotopic (exact) mass is 716 g/mol. The van der Waals surface area contributed by atoms with Crippen molar-refractivity contribution in [3.8, 4) is 33.8 Å². The molecule has 1 fully saturated rings. The van der Waals surface area contributed by atoms with Crippen LogP contribution in [0.3, 0.4) is 0 Å². The van der Waals surface area contributed by atoms with Crippen LogP contribution < -0.4 is 9.47 Å². The highest BCUT2D eigenvalue weighted by atomic mass is 19.4. The Bertz CT molecular complexity index is 1780.